The predicted molar refractivity (Wildman–Crippen MR) is 146 cm³/mol. The van der Waals surface area contributed by atoms with Crippen molar-refractivity contribution < 1.29 is 33.2 Å². The van der Waals surface area contributed by atoms with Gasteiger partial charge < -0.3 is 28.4 Å². The Bertz CT molecular complexity index is 1290. The molecule has 1 N–H and O–H groups in total. The van der Waals surface area contributed by atoms with Gasteiger partial charge in [0, 0.05) is 22.2 Å². The van der Waals surface area contributed by atoms with E-state index in [1.807, 2.05) is 36.4 Å². The molecule has 0 saturated heterocycles. The maximum atomic E-state index is 12.3. The number of fused-ring (bicyclic) bond motifs is 1. The van der Waals surface area contributed by atoms with Crippen molar-refractivity contribution >= 4 is 28.1 Å². The molecule has 0 aliphatic carbocycles. The SMILES string of the molecule is COc1cc(OCC(=O)N/N=C/c2ccc(Br)cc2)cc2c1CCC(c1cc(OC)c(OC)c(OC)c1)O2. The maximum Gasteiger partial charge on any atom is 0.277 e. The van der Waals surface area contributed by atoms with Gasteiger partial charge in [-0.05, 0) is 48.2 Å². The Labute approximate surface area is 229 Å². The topological polar surface area (TPSA) is 96.8 Å². The van der Waals surface area contributed by atoms with Crippen LogP contribution in [0.25, 0.3) is 0 Å². The van der Waals surface area contributed by atoms with Crippen molar-refractivity contribution in [3.8, 4) is 34.5 Å². The number of carbonyl (C=O) groups is 1. The molecule has 1 amide bonds. The third-order valence-electron chi connectivity index (χ3n) is 5.99. The van der Waals surface area contributed by atoms with Crippen LogP contribution in [0.2, 0.25) is 0 Å². The Morgan fingerprint density at radius 2 is 1.68 bits per heavy atom. The predicted octanol–water partition coefficient (Wildman–Crippen LogP) is 5.08. The van der Waals surface area contributed by atoms with Crippen LogP contribution in [0.15, 0.2) is 58.1 Å². The lowest BCUT2D eigenvalue weighted by Crippen LogP contribution is -2.24. The number of nitrogens with zero attached hydrogens (tertiary/aromatic N) is 1. The molecule has 9 nitrogen and oxygen atoms in total. The first-order chi connectivity index (χ1) is 18.4. The summed E-state index contributed by atoms with van der Waals surface area (Å²) in [4.78, 5) is 12.3. The standard InChI is InChI=1S/C28H29BrN2O7/c1-33-23-13-20(37-16-27(32)31-30-15-17-5-7-19(29)8-6-17)14-24-21(23)9-10-22(38-24)18-11-25(34-2)28(36-4)26(12-18)35-3/h5-8,11-15,22H,9-10,16H2,1-4H3,(H,31,32)/b30-15+. The van der Waals surface area contributed by atoms with Gasteiger partial charge >= 0.3 is 0 Å². The highest BCUT2D eigenvalue weighted by atomic mass is 79.9. The second kappa shape index (κ2) is 12.6. The number of methoxy groups -OCH3 is 4. The minimum Gasteiger partial charge on any atom is -0.496 e. The van der Waals surface area contributed by atoms with Crippen molar-refractivity contribution in [2.45, 2.75) is 18.9 Å². The molecular weight excluding hydrogens is 556 g/mol. The summed E-state index contributed by atoms with van der Waals surface area (Å²) >= 11 is 3.38. The van der Waals surface area contributed by atoms with Gasteiger partial charge in [0.15, 0.2) is 18.1 Å². The fourth-order valence-electron chi connectivity index (χ4n) is 4.13. The van der Waals surface area contributed by atoms with E-state index in [1.54, 1.807) is 46.8 Å². The number of hydrogen-bond donors (Lipinski definition) is 1. The highest BCUT2D eigenvalue weighted by molar-refractivity contribution is 9.10. The molecule has 0 fully saturated rings. The average Bonchev–Trinajstić information content (AvgIpc) is 2.95. The summed E-state index contributed by atoms with van der Waals surface area (Å²) < 4.78 is 35.1. The lowest BCUT2D eigenvalue weighted by Gasteiger charge is -2.29. The van der Waals surface area contributed by atoms with Crippen molar-refractivity contribution in [2.24, 2.45) is 5.10 Å². The van der Waals surface area contributed by atoms with E-state index in [9.17, 15) is 4.79 Å². The Morgan fingerprint density at radius 3 is 2.32 bits per heavy atom. The molecule has 200 valence electrons. The molecule has 1 heterocycles. The van der Waals surface area contributed by atoms with Crippen LogP contribution in [0.3, 0.4) is 0 Å². The Balaban J connectivity index is 1.45. The van der Waals surface area contributed by atoms with Crippen LogP contribution in [0, 0.1) is 0 Å². The highest BCUT2D eigenvalue weighted by Crippen LogP contribution is 2.45. The van der Waals surface area contributed by atoms with Crippen LogP contribution in [-0.4, -0.2) is 47.2 Å². The zero-order valence-electron chi connectivity index (χ0n) is 21.6. The smallest absolute Gasteiger partial charge is 0.277 e. The number of nitrogens with one attached hydrogen (secondary N) is 1. The molecule has 1 atom stereocenters. The summed E-state index contributed by atoms with van der Waals surface area (Å²) in [6, 6.07) is 14.8. The molecule has 0 bridgehead atoms. The summed E-state index contributed by atoms with van der Waals surface area (Å²) in [5, 5.41) is 3.97. The van der Waals surface area contributed by atoms with E-state index >= 15 is 0 Å². The van der Waals surface area contributed by atoms with E-state index in [2.05, 4.69) is 26.5 Å². The van der Waals surface area contributed by atoms with Gasteiger partial charge in [0.25, 0.3) is 5.91 Å². The van der Waals surface area contributed by atoms with Gasteiger partial charge in [-0.3, -0.25) is 4.79 Å². The number of ether oxygens (including phenoxy) is 6. The molecule has 1 unspecified atom stereocenters. The molecule has 0 saturated carbocycles. The molecule has 3 aromatic carbocycles. The Kier molecular flexibility index (Phi) is 8.96. The molecule has 0 radical (unpaired) electrons. The van der Waals surface area contributed by atoms with Crippen molar-refractivity contribution in [3.05, 3.63) is 69.7 Å². The van der Waals surface area contributed by atoms with Gasteiger partial charge in [-0.2, -0.15) is 5.10 Å². The summed E-state index contributed by atoms with van der Waals surface area (Å²) in [6.07, 6.45) is 2.75. The molecule has 0 aromatic heterocycles. The molecule has 38 heavy (non-hydrogen) atoms. The number of benzene rings is 3. The van der Waals surface area contributed by atoms with Crippen LogP contribution < -0.4 is 33.8 Å². The number of halogens is 1. The van der Waals surface area contributed by atoms with E-state index in [0.29, 0.717) is 34.5 Å². The quantitative estimate of drug-likeness (QED) is 0.262. The minimum absolute atomic E-state index is 0.226. The number of hydrogen-bond acceptors (Lipinski definition) is 8. The van der Waals surface area contributed by atoms with Crippen LogP contribution in [0.4, 0.5) is 0 Å². The number of amides is 1. The first-order valence-corrected chi connectivity index (χ1v) is 12.6. The lowest BCUT2D eigenvalue weighted by molar-refractivity contribution is -0.123. The molecule has 4 rings (SSSR count). The number of rotatable bonds is 10. The fourth-order valence-corrected chi connectivity index (χ4v) is 4.40. The molecular formula is C28H29BrN2O7. The molecule has 1 aliphatic heterocycles. The van der Waals surface area contributed by atoms with Gasteiger partial charge in [-0.1, -0.05) is 28.1 Å². The van der Waals surface area contributed by atoms with Gasteiger partial charge in [-0.15, -0.1) is 0 Å². The highest BCUT2D eigenvalue weighted by Gasteiger charge is 2.27. The average molecular weight is 585 g/mol. The number of hydrazone groups is 1. The summed E-state index contributed by atoms with van der Waals surface area (Å²) in [7, 11) is 6.31. The van der Waals surface area contributed by atoms with Crippen molar-refractivity contribution in [1.29, 1.82) is 0 Å². The minimum atomic E-state index is -0.397. The second-order valence-electron chi connectivity index (χ2n) is 8.34. The van der Waals surface area contributed by atoms with Crippen LogP contribution in [0.5, 0.6) is 34.5 Å². The van der Waals surface area contributed by atoms with E-state index in [1.165, 1.54) is 0 Å². The van der Waals surface area contributed by atoms with Crippen LogP contribution in [0.1, 0.15) is 29.2 Å². The zero-order valence-corrected chi connectivity index (χ0v) is 23.2. The molecule has 10 heteroatoms. The van der Waals surface area contributed by atoms with Crippen molar-refractivity contribution in [3.63, 3.8) is 0 Å². The van der Waals surface area contributed by atoms with Crippen LogP contribution >= 0.6 is 15.9 Å². The number of carbonyl (C=O) groups excluding carboxylic acids is 1. The van der Waals surface area contributed by atoms with E-state index in [4.69, 9.17) is 28.4 Å². The largest absolute Gasteiger partial charge is 0.496 e. The molecule has 3 aromatic rings. The zero-order chi connectivity index (χ0) is 27.1. The maximum absolute atomic E-state index is 12.3. The van der Waals surface area contributed by atoms with E-state index in [-0.39, 0.29) is 12.7 Å². The first kappa shape index (κ1) is 27.1. The third-order valence-corrected chi connectivity index (χ3v) is 6.52. The Hall–Kier alpha value is -3.92. The third kappa shape index (κ3) is 6.31. The van der Waals surface area contributed by atoms with Crippen molar-refractivity contribution in [1.82, 2.24) is 5.43 Å². The first-order valence-electron chi connectivity index (χ1n) is 11.8. The second-order valence-corrected chi connectivity index (χ2v) is 9.26. The summed E-state index contributed by atoms with van der Waals surface area (Å²) in [5.41, 5.74) is 5.14. The monoisotopic (exact) mass is 584 g/mol. The Morgan fingerprint density at radius 1 is 1.00 bits per heavy atom. The summed E-state index contributed by atoms with van der Waals surface area (Å²) in [5.74, 6) is 2.93. The van der Waals surface area contributed by atoms with Crippen LogP contribution in [-0.2, 0) is 11.2 Å². The van der Waals surface area contributed by atoms with Gasteiger partial charge in [-0.25, -0.2) is 5.43 Å². The van der Waals surface area contributed by atoms with Gasteiger partial charge in [0.1, 0.15) is 23.4 Å². The fraction of sp³-hybridized carbons (Fsp3) is 0.286. The molecule has 0 spiro atoms. The summed E-state index contributed by atoms with van der Waals surface area (Å²) in [6.45, 7) is -0.226. The van der Waals surface area contributed by atoms with Gasteiger partial charge in [0.05, 0.1) is 34.7 Å². The normalized spacial score (nSPS) is 14.3. The lowest BCUT2D eigenvalue weighted by atomic mass is 9.96. The van der Waals surface area contributed by atoms with Crippen molar-refractivity contribution in [2.75, 3.05) is 35.0 Å². The molecule has 1 aliphatic rings. The van der Waals surface area contributed by atoms with E-state index in [0.717, 1.165) is 34.0 Å². The van der Waals surface area contributed by atoms with E-state index < -0.39 is 5.91 Å². The van der Waals surface area contributed by atoms with Gasteiger partial charge in [0.2, 0.25) is 5.75 Å².